The minimum atomic E-state index is -0.251. The highest BCUT2D eigenvalue weighted by atomic mass is 32.1. The van der Waals surface area contributed by atoms with E-state index in [1.807, 2.05) is 6.07 Å². The maximum Gasteiger partial charge on any atom is 0.126 e. The van der Waals surface area contributed by atoms with Crippen molar-refractivity contribution in [3.63, 3.8) is 0 Å². The Morgan fingerprint density at radius 1 is 1.33 bits per heavy atom. The molecule has 1 aromatic carbocycles. The van der Waals surface area contributed by atoms with E-state index in [9.17, 15) is 4.39 Å². The van der Waals surface area contributed by atoms with Crippen molar-refractivity contribution < 1.29 is 4.39 Å². The van der Waals surface area contributed by atoms with Crippen LogP contribution in [0, 0.1) is 5.82 Å². The summed E-state index contributed by atoms with van der Waals surface area (Å²) in [6.07, 6.45) is 1.63. The number of aromatic nitrogens is 1. The van der Waals surface area contributed by atoms with Crippen molar-refractivity contribution in [2.45, 2.75) is 6.54 Å². The van der Waals surface area contributed by atoms with Crippen molar-refractivity contribution in [1.29, 1.82) is 0 Å². The first-order valence-corrected chi connectivity index (χ1v) is 5.80. The number of nitrogens with zero attached hydrogens (tertiary/aromatic N) is 1. The quantitative estimate of drug-likeness (QED) is 0.830. The number of hydrogen-bond donors (Lipinski definition) is 2. The van der Waals surface area contributed by atoms with E-state index in [0.29, 0.717) is 17.4 Å². The highest BCUT2D eigenvalue weighted by molar-refractivity contribution is 7.80. The number of nitrogens with one attached hydrogen (secondary N) is 1. The summed E-state index contributed by atoms with van der Waals surface area (Å²) in [6.45, 7) is 0.492. The molecule has 0 spiro atoms. The molecule has 2 rings (SSSR count). The number of nitrogens with two attached hydrogens (primary N) is 1. The number of halogens is 1. The van der Waals surface area contributed by atoms with Gasteiger partial charge >= 0.3 is 0 Å². The number of anilines is 1. The van der Waals surface area contributed by atoms with Gasteiger partial charge in [0.15, 0.2) is 0 Å². The van der Waals surface area contributed by atoms with Crippen LogP contribution in [-0.4, -0.2) is 9.97 Å². The maximum atomic E-state index is 13.0. The Morgan fingerprint density at radius 3 is 2.89 bits per heavy atom. The molecule has 0 saturated heterocycles. The Labute approximate surface area is 110 Å². The Morgan fingerprint density at radius 2 is 2.17 bits per heavy atom. The van der Waals surface area contributed by atoms with E-state index < -0.39 is 0 Å². The van der Waals surface area contributed by atoms with E-state index >= 15 is 0 Å². The zero-order chi connectivity index (χ0) is 13.0. The molecule has 0 saturated carbocycles. The van der Waals surface area contributed by atoms with E-state index in [1.165, 1.54) is 12.1 Å². The minimum Gasteiger partial charge on any atom is -0.389 e. The third-order valence-corrected chi connectivity index (χ3v) is 2.64. The topological polar surface area (TPSA) is 50.9 Å². The van der Waals surface area contributed by atoms with E-state index in [0.717, 1.165) is 11.1 Å². The fourth-order valence-electron chi connectivity index (χ4n) is 1.52. The van der Waals surface area contributed by atoms with Crippen molar-refractivity contribution in [1.82, 2.24) is 4.98 Å². The number of hydrogen-bond acceptors (Lipinski definition) is 3. The van der Waals surface area contributed by atoms with E-state index in [2.05, 4.69) is 10.3 Å². The molecule has 2 aromatic rings. The lowest BCUT2D eigenvalue weighted by molar-refractivity contribution is 0.626. The SMILES string of the molecule is NC(=S)c1ccnc(NCc2cccc(F)c2)c1. The second-order valence-corrected chi connectivity index (χ2v) is 4.22. The number of thiocarbonyl (C=S) groups is 1. The first-order valence-electron chi connectivity index (χ1n) is 5.39. The monoisotopic (exact) mass is 261 g/mol. The highest BCUT2D eigenvalue weighted by Crippen LogP contribution is 2.10. The molecule has 0 fully saturated rings. The Balaban J connectivity index is 2.06. The summed E-state index contributed by atoms with van der Waals surface area (Å²) in [7, 11) is 0. The van der Waals surface area contributed by atoms with Gasteiger partial charge in [-0.1, -0.05) is 24.4 Å². The molecule has 0 amide bonds. The first kappa shape index (κ1) is 12.4. The van der Waals surface area contributed by atoms with Crippen molar-refractivity contribution >= 4 is 23.0 Å². The summed E-state index contributed by atoms with van der Waals surface area (Å²) in [5.74, 6) is 0.406. The lowest BCUT2D eigenvalue weighted by Crippen LogP contribution is -2.10. The van der Waals surface area contributed by atoms with Crippen LogP contribution in [0.15, 0.2) is 42.6 Å². The highest BCUT2D eigenvalue weighted by Gasteiger charge is 2.00. The van der Waals surface area contributed by atoms with E-state index in [-0.39, 0.29) is 5.82 Å². The van der Waals surface area contributed by atoms with Gasteiger partial charge in [-0.2, -0.15) is 0 Å². The summed E-state index contributed by atoms with van der Waals surface area (Å²) in [5.41, 5.74) is 7.13. The van der Waals surface area contributed by atoms with E-state index in [1.54, 1.807) is 24.4 Å². The van der Waals surface area contributed by atoms with Crippen LogP contribution in [0.4, 0.5) is 10.2 Å². The second kappa shape index (κ2) is 5.55. The molecule has 0 aliphatic heterocycles. The molecule has 0 aliphatic rings. The van der Waals surface area contributed by atoms with Crippen LogP contribution in [0.2, 0.25) is 0 Å². The summed E-state index contributed by atoms with van der Waals surface area (Å²) in [5, 5.41) is 3.09. The fourth-order valence-corrected chi connectivity index (χ4v) is 1.65. The van der Waals surface area contributed by atoms with E-state index in [4.69, 9.17) is 18.0 Å². The van der Waals surface area contributed by atoms with Crippen molar-refractivity contribution in [2.24, 2.45) is 5.73 Å². The zero-order valence-electron chi connectivity index (χ0n) is 9.56. The average Bonchev–Trinajstić information content (AvgIpc) is 2.37. The summed E-state index contributed by atoms with van der Waals surface area (Å²) in [4.78, 5) is 4.46. The smallest absolute Gasteiger partial charge is 0.126 e. The second-order valence-electron chi connectivity index (χ2n) is 3.78. The van der Waals surface area contributed by atoms with Crippen LogP contribution in [0.5, 0.6) is 0 Å². The molecular weight excluding hydrogens is 249 g/mol. The van der Waals surface area contributed by atoms with Crippen LogP contribution in [0.1, 0.15) is 11.1 Å². The van der Waals surface area contributed by atoms with Gasteiger partial charge in [-0.25, -0.2) is 9.37 Å². The molecule has 0 atom stereocenters. The molecule has 5 heteroatoms. The standard InChI is InChI=1S/C13H12FN3S/c14-11-3-1-2-9(6-11)8-17-12-7-10(13(15)18)4-5-16-12/h1-7H,8H2,(H2,15,18)(H,16,17). The normalized spacial score (nSPS) is 10.1. The maximum absolute atomic E-state index is 13.0. The lowest BCUT2D eigenvalue weighted by atomic mass is 10.2. The van der Waals surface area contributed by atoms with Gasteiger partial charge in [0.25, 0.3) is 0 Å². The third kappa shape index (κ3) is 3.24. The number of pyridine rings is 1. The van der Waals surface area contributed by atoms with Gasteiger partial charge in [-0.05, 0) is 29.8 Å². The molecule has 1 heterocycles. The molecule has 0 aliphatic carbocycles. The fraction of sp³-hybridized carbons (Fsp3) is 0.0769. The molecule has 0 unspecified atom stereocenters. The first-order chi connectivity index (χ1) is 8.65. The van der Waals surface area contributed by atoms with Gasteiger partial charge < -0.3 is 11.1 Å². The molecule has 3 N–H and O–H groups in total. The van der Waals surface area contributed by atoms with Gasteiger partial charge in [0.1, 0.15) is 16.6 Å². The van der Waals surface area contributed by atoms with Crippen LogP contribution in [0.25, 0.3) is 0 Å². The predicted molar refractivity (Wildman–Crippen MR) is 73.9 cm³/mol. The molecule has 1 aromatic heterocycles. The van der Waals surface area contributed by atoms with Crippen LogP contribution < -0.4 is 11.1 Å². The molecule has 18 heavy (non-hydrogen) atoms. The van der Waals surface area contributed by atoms with Crippen molar-refractivity contribution in [3.05, 3.63) is 59.5 Å². The molecule has 3 nitrogen and oxygen atoms in total. The Hall–Kier alpha value is -2.01. The van der Waals surface area contributed by atoms with Crippen LogP contribution in [0.3, 0.4) is 0 Å². The van der Waals surface area contributed by atoms with Crippen LogP contribution in [-0.2, 0) is 6.54 Å². The van der Waals surface area contributed by atoms with Gasteiger partial charge in [0.2, 0.25) is 0 Å². The molecule has 92 valence electrons. The van der Waals surface area contributed by atoms with Gasteiger partial charge in [-0.3, -0.25) is 0 Å². The minimum absolute atomic E-state index is 0.251. The van der Waals surface area contributed by atoms with Gasteiger partial charge in [0, 0.05) is 18.3 Å². The molecular formula is C13H12FN3S. The molecule has 0 bridgehead atoms. The largest absolute Gasteiger partial charge is 0.389 e. The van der Waals surface area contributed by atoms with Gasteiger partial charge in [-0.15, -0.1) is 0 Å². The summed E-state index contributed by atoms with van der Waals surface area (Å²) < 4.78 is 13.0. The van der Waals surface area contributed by atoms with Crippen molar-refractivity contribution in [2.75, 3.05) is 5.32 Å². The predicted octanol–water partition coefficient (Wildman–Crippen LogP) is 2.47. The number of benzene rings is 1. The molecule has 0 radical (unpaired) electrons. The van der Waals surface area contributed by atoms with Crippen LogP contribution >= 0.6 is 12.2 Å². The Kier molecular flexibility index (Phi) is 3.84. The third-order valence-electron chi connectivity index (χ3n) is 2.41. The summed E-state index contributed by atoms with van der Waals surface area (Å²) >= 11 is 4.89. The summed E-state index contributed by atoms with van der Waals surface area (Å²) in [6, 6.07) is 9.91. The zero-order valence-corrected chi connectivity index (χ0v) is 10.4. The Bertz CT molecular complexity index is 572. The lowest BCUT2D eigenvalue weighted by Gasteiger charge is -2.07. The average molecular weight is 261 g/mol. The number of rotatable bonds is 4. The van der Waals surface area contributed by atoms with Gasteiger partial charge in [0.05, 0.1) is 0 Å². The van der Waals surface area contributed by atoms with Crippen molar-refractivity contribution in [3.8, 4) is 0 Å².